The van der Waals surface area contributed by atoms with Gasteiger partial charge in [0.2, 0.25) is 0 Å². The Hall–Kier alpha value is -1.84. The predicted molar refractivity (Wildman–Crippen MR) is 88.3 cm³/mol. The van der Waals surface area contributed by atoms with Crippen LogP contribution in [0.1, 0.15) is 73.6 Å². The first-order valence-corrected chi connectivity index (χ1v) is 8.15. The van der Waals surface area contributed by atoms with Gasteiger partial charge in [0.05, 0.1) is 5.56 Å². The molecule has 22 heavy (non-hydrogen) atoms. The second-order valence-corrected chi connectivity index (χ2v) is 5.79. The summed E-state index contributed by atoms with van der Waals surface area (Å²) >= 11 is 0. The van der Waals surface area contributed by atoms with E-state index in [1.54, 1.807) is 12.1 Å². The second kappa shape index (κ2) is 9.23. The molecule has 0 spiro atoms. The van der Waals surface area contributed by atoms with Crippen molar-refractivity contribution in [2.45, 2.75) is 58.9 Å². The van der Waals surface area contributed by atoms with E-state index >= 15 is 0 Å². The standard InChI is InChI=1S/C15H19NO3.C3H8/c1-11-6-3-2-4-9-16(11)14(17)12-7-5-8-13(10-12)15(18)19;1-3-2/h5,7-8,10-11H,2-4,6,9H2,1H3,(H,18,19);3H2,1-2H3. The van der Waals surface area contributed by atoms with Gasteiger partial charge in [-0.2, -0.15) is 0 Å². The number of nitrogens with zero attached hydrogens (tertiary/aromatic N) is 1. The van der Waals surface area contributed by atoms with Gasteiger partial charge in [-0.3, -0.25) is 4.79 Å². The molecule has 4 nitrogen and oxygen atoms in total. The van der Waals surface area contributed by atoms with Crippen LogP contribution in [0.3, 0.4) is 0 Å². The minimum atomic E-state index is -1.00. The van der Waals surface area contributed by atoms with Crippen molar-refractivity contribution in [3.63, 3.8) is 0 Å². The van der Waals surface area contributed by atoms with Crippen LogP contribution in [0, 0.1) is 0 Å². The van der Waals surface area contributed by atoms with E-state index in [1.165, 1.54) is 18.6 Å². The molecule has 1 fully saturated rings. The van der Waals surface area contributed by atoms with E-state index in [0.717, 1.165) is 32.2 Å². The molecule has 122 valence electrons. The maximum Gasteiger partial charge on any atom is 0.335 e. The largest absolute Gasteiger partial charge is 0.478 e. The third kappa shape index (κ3) is 5.17. The topological polar surface area (TPSA) is 57.6 Å². The number of carboxylic acids is 1. The first-order chi connectivity index (χ1) is 10.5. The van der Waals surface area contributed by atoms with E-state index in [1.807, 2.05) is 4.90 Å². The van der Waals surface area contributed by atoms with Crippen molar-refractivity contribution in [1.29, 1.82) is 0 Å². The quantitative estimate of drug-likeness (QED) is 0.890. The fourth-order valence-electron chi connectivity index (χ4n) is 2.53. The Labute approximate surface area is 133 Å². The lowest BCUT2D eigenvalue weighted by atomic mass is 10.1. The fraction of sp³-hybridized carbons (Fsp3) is 0.556. The normalized spacial score (nSPS) is 18.0. The second-order valence-electron chi connectivity index (χ2n) is 5.79. The lowest BCUT2D eigenvalue weighted by Gasteiger charge is -2.27. The van der Waals surface area contributed by atoms with Gasteiger partial charge in [0.25, 0.3) is 5.91 Å². The van der Waals surface area contributed by atoms with Crippen molar-refractivity contribution in [3.05, 3.63) is 35.4 Å². The fourth-order valence-corrected chi connectivity index (χ4v) is 2.53. The number of carbonyl (C=O) groups is 2. The maximum atomic E-state index is 12.5. The molecule has 1 heterocycles. The highest BCUT2D eigenvalue weighted by atomic mass is 16.4. The van der Waals surface area contributed by atoms with Crippen molar-refractivity contribution in [2.24, 2.45) is 0 Å². The van der Waals surface area contributed by atoms with E-state index in [9.17, 15) is 9.59 Å². The van der Waals surface area contributed by atoms with Crippen molar-refractivity contribution in [3.8, 4) is 0 Å². The van der Waals surface area contributed by atoms with E-state index in [2.05, 4.69) is 20.8 Å². The Kier molecular flexibility index (Phi) is 7.64. The van der Waals surface area contributed by atoms with Crippen LogP contribution in [0.2, 0.25) is 0 Å². The minimum Gasteiger partial charge on any atom is -0.478 e. The summed E-state index contributed by atoms with van der Waals surface area (Å²) < 4.78 is 0. The minimum absolute atomic E-state index is 0.0579. The van der Waals surface area contributed by atoms with Crippen LogP contribution in [-0.4, -0.2) is 34.5 Å². The van der Waals surface area contributed by atoms with Crippen molar-refractivity contribution in [2.75, 3.05) is 6.54 Å². The highest BCUT2D eigenvalue weighted by Gasteiger charge is 2.23. The smallest absolute Gasteiger partial charge is 0.335 e. The zero-order valence-electron chi connectivity index (χ0n) is 13.8. The zero-order valence-corrected chi connectivity index (χ0v) is 13.8. The van der Waals surface area contributed by atoms with E-state index in [0.29, 0.717) is 5.56 Å². The number of hydrogen-bond donors (Lipinski definition) is 1. The number of aromatic carboxylic acids is 1. The van der Waals surface area contributed by atoms with Crippen molar-refractivity contribution < 1.29 is 14.7 Å². The van der Waals surface area contributed by atoms with E-state index < -0.39 is 5.97 Å². The van der Waals surface area contributed by atoms with Gasteiger partial charge in [-0.25, -0.2) is 4.79 Å². The van der Waals surface area contributed by atoms with Gasteiger partial charge >= 0.3 is 5.97 Å². The third-order valence-electron chi connectivity index (χ3n) is 3.67. The number of benzene rings is 1. The van der Waals surface area contributed by atoms with Gasteiger partial charge in [0, 0.05) is 18.2 Å². The van der Waals surface area contributed by atoms with Gasteiger partial charge in [-0.15, -0.1) is 0 Å². The van der Waals surface area contributed by atoms with Crippen LogP contribution < -0.4 is 0 Å². The first kappa shape index (κ1) is 18.2. The Bertz CT molecular complexity index is 499. The van der Waals surface area contributed by atoms with E-state index in [4.69, 9.17) is 5.11 Å². The number of carboxylic acid groups (broad SMARTS) is 1. The number of rotatable bonds is 2. The molecule has 1 N–H and O–H groups in total. The van der Waals surface area contributed by atoms with Gasteiger partial charge < -0.3 is 10.0 Å². The third-order valence-corrected chi connectivity index (χ3v) is 3.67. The molecule has 4 heteroatoms. The number of amides is 1. The summed E-state index contributed by atoms with van der Waals surface area (Å²) in [5.74, 6) is -1.06. The lowest BCUT2D eigenvalue weighted by molar-refractivity contribution is 0.0697. The molecule has 1 aliphatic heterocycles. The number of hydrogen-bond acceptors (Lipinski definition) is 2. The average molecular weight is 305 g/mol. The Balaban J connectivity index is 0.000000745. The molecule has 0 aliphatic carbocycles. The molecule has 1 saturated heterocycles. The molecule has 1 aliphatic rings. The molecule has 0 aromatic heterocycles. The van der Waals surface area contributed by atoms with Crippen molar-refractivity contribution in [1.82, 2.24) is 4.90 Å². The molecule has 0 bridgehead atoms. The van der Waals surface area contributed by atoms with Gasteiger partial charge in [0.1, 0.15) is 0 Å². The predicted octanol–water partition coefficient (Wildman–Crippen LogP) is 4.21. The van der Waals surface area contributed by atoms with Crippen LogP contribution in [0.15, 0.2) is 24.3 Å². The van der Waals surface area contributed by atoms with Gasteiger partial charge in [0.15, 0.2) is 0 Å². The highest BCUT2D eigenvalue weighted by molar-refractivity contribution is 5.97. The van der Waals surface area contributed by atoms with Crippen LogP contribution >= 0.6 is 0 Å². The monoisotopic (exact) mass is 305 g/mol. The molecule has 1 atom stereocenters. The van der Waals surface area contributed by atoms with E-state index in [-0.39, 0.29) is 17.5 Å². The summed E-state index contributed by atoms with van der Waals surface area (Å²) in [6.45, 7) is 7.07. The molecule has 0 saturated carbocycles. The molecule has 1 aromatic carbocycles. The summed E-state index contributed by atoms with van der Waals surface area (Å²) in [4.78, 5) is 25.3. The maximum absolute atomic E-state index is 12.5. The average Bonchev–Trinajstić information content (AvgIpc) is 2.72. The molecular weight excluding hydrogens is 278 g/mol. The van der Waals surface area contributed by atoms with Crippen LogP contribution in [-0.2, 0) is 0 Å². The molecule has 1 unspecified atom stereocenters. The molecule has 1 amide bonds. The van der Waals surface area contributed by atoms with Gasteiger partial charge in [-0.05, 0) is 38.0 Å². The lowest BCUT2D eigenvalue weighted by Crippen LogP contribution is -2.38. The number of carbonyl (C=O) groups excluding carboxylic acids is 1. The molecular formula is C18H27NO3. The summed E-state index contributed by atoms with van der Waals surface area (Å²) in [5.41, 5.74) is 0.627. The van der Waals surface area contributed by atoms with Crippen molar-refractivity contribution >= 4 is 11.9 Å². The highest BCUT2D eigenvalue weighted by Crippen LogP contribution is 2.19. The summed E-state index contributed by atoms with van der Waals surface area (Å²) in [7, 11) is 0. The SMILES string of the molecule is CC1CCCCCN1C(=O)c1cccc(C(=O)O)c1.CCC. The molecule has 2 rings (SSSR count). The van der Waals surface area contributed by atoms with Gasteiger partial charge in [-0.1, -0.05) is 39.2 Å². The zero-order chi connectivity index (χ0) is 16.5. The van der Waals surface area contributed by atoms with Crippen LogP contribution in [0.5, 0.6) is 0 Å². The summed E-state index contributed by atoms with van der Waals surface area (Å²) in [6, 6.07) is 6.50. The Morgan fingerprint density at radius 3 is 2.45 bits per heavy atom. The Morgan fingerprint density at radius 2 is 1.82 bits per heavy atom. The first-order valence-electron chi connectivity index (χ1n) is 8.15. The summed E-state index contributed by atoms with van der Waals surface area (Å²) in [6.07, 6.45) is 5.60. The Morgan fingerprint density at radius 1 is 1.18 bits per heavy atom. The summed E-state index contributed by atoms with van der Waals surface area (Å²) in [5, 5.41) is 8.97. The molecule has 1 aromatic rings. The molecule has 0 radical (unpaired) electrons. The van der Waals surface area contributed by atoms with Crippen LogP contribution in [0.4, 0.5) is 0 Å². The number of likely N-dealkylation sites (tertiary alicyclic amines) is 1. The van der Waals surface area contributed by atoms with Crippen LogP contribution in [0.25, 0.3) is 0 Å².